The summed E-state index contributed by atoms with van der Waals surface area (Å²) in [4.78, 5) is 21.6. The summed E-state index contributed by atoms with van der Waals surface area (Å²) in [6, 6.07) is 13.3. The Hall–Kier alpha value is -2.52. The fourth-order valence-corrected chi connectivity index (χ4v) is 8.53. The van der Waals surface area contributed by atoms with E-state index in [9.17, 15) is 13.2 Å². The Kier molecular flexibility index (Phi) is 7.23. The van der Waals surface area contributed by atoms with E-state index in [-0.39, 0.29) is 35.1 Å². The molecule has 0 radical (unpaired) electrons. The molecule has 182 valence electrons. The molecule has 2 aromatic carbocycles. The minimum absolute atomic E-state index is 0.0770. The molecule has 2 fully saturated rings. The zero-order valence-corrected chi connectivity index (χ0v) is 21.7. The normalized spacial score (nSPS) is 22.1. The lowest BCUT2D eigenvalue weighted by atomic mass is 10.1. The maximum Gasteiger partial charge on any atom is 0.252 e. The van der Waals surface area contributed by atoms with Crippen LogP contribution in [-0.4, -0.2) is 62.5 Å². The fourth-order valence-electron chi connectivity index (χ4n) is 4.61. The maximum atomic E-state index is 12.9. The topological polar surface area (TPSA) is 79.3 Å². The maximum absolute atomic E-state index is 12.9. The lowest BCUT2D eigenvalue weighted by molar-refractivity contribution is -0.117. The molecule has 2 aliphatic rings. The van der Waals surface area contributed by atoms with Crippen molar-refractivity contribution < 1.29 is 17.9 Å². The number of benzene rings is 2. The highest BCUT2D eigenvalue weighted by Crippen LogP contribution is 2.42. The molecule has 2 aliphatic heterocycles. The van der Waals surface area contributed by atoms with E-state index in [4.69, 9.17) is 4.74 Å². The van der Waals surface area contributed by atoms with E-state index < -0.39 is 9.84 Å². The summed E-state index contributed by atoms with van der Waals surface area (Å²) >= 11 is 1.41. The van der Waals surface area contributed by atoms with Crippen LogP contribution in [0.1, 0.15) is 25.0 Å². The highest BCUT2D eigenvalue weighted by Gasteiger charge is 2.49. The largest absolute Gasteiger partial charge is 0.497 e. The number of anilines is 2. The third kappa shape index (κ3) is 5.10. The van der Waals surface area contributed by atoms with Gasteiger partial charge in [-0.2, -0.15) is 4.99 Å². The van der Waals surface area contributed by atoms with Crippen molar-refractivity contribution in [1.82, 2.24) is 0 Å². The van der Waals surface area contributed by atoms with Gasteiger partial charge in [0.2, 0.25) is 0 Å². The van der Waals surface area contributed by atoms with Crippen molar-refractivity contribution in [2.75, 3.05) is 41.5 Å². The highest BCUT2D eigenvalue weighted by molar-refractivity contribution is 8.16. The Morgan fingerprint density at radius 3 is 2.47 bits per heavy atom. The Morgan fingerprint density at radius 1 is 1.15 bits per heavy atom. The zero-order valence-electron chi connectivity index (χ0n) is 20.0. The minimum atomic E-state index is -3.12. The van der Waals surface area contributed by atoms with Gasteiger partial charge in [0.15, 0.2) is 15.0 Å². The number of carbonyl (C=O) groups excluding carboxylic acids is 1. The van der Waals surface area contributed by atoms with Gasteiger partial charge in [0, 0.05) is 29.7 Å². The van der Waals surface area contributed by atoms with Gasteiger partial charge in [0.25, 0.3) is 5.91 Å². The first kappa shape index (κ1) is 24.6. The number of aryl methyl sites for hydroxylation is 1. The van der Waals surface area contributed by atoms with Crippen LogP contribution in [0.3, 0.4) is 0 Å². The van der Waals surface area contributed by atoms with Crippen molar-refractivity contribution in [1.29, 1.82) is 0 Å². The summed E-state index contributed by atoms with van der Waals surface area (Å²) in [7, 11) is -1.52. The van der Waals surface area contributed by atoms with E-state index in [1.807, 2.05) is 42.2 Å². The molecule has 9 heteroatoms. The number of rotatable bonds is 7. The number of fused-ring (bicyclic) bond motifs is 1. The minimum Gasteiger partial charge on any atom is -0.497 e. The van der Waals surface area contributed by atoms with Gasteiger partial charge in [-0.25, -0.2) is 8.42 Å². The molecule has 34 heavy (non-hydrogen) atoms. The number of ether oxygens (including phenoxy) is 1. The third-order valence-corrected chi connectivity index (χ3v) is 9.58. The number of methoxy groups -OCH3 is 1. The molecule has 0 saturated carbocycles. The van der Waals surface area contributed by atoms with Crippen molar-refractivity contribution >= 4 is 44.0 Å². The Labute approximate surface area is 206 Å². The monoisotopic (exact) mass is 501 g/mol. The molecule has 0 spiro atoms. The zero-order chi connectivity index (χ0) is 24.5. The first-order chi connectivity index (χ1) is 16.2. The van der Waals surface area contributed by atoms with E-state index >= 15 is 0 Å². The number of amides is 1. The van der Waals surface area contributed by atoms with Crippen LogP contribution in [0.2, 0.25) is 0 Å². The van der Waals surface area contributed by atoms with Crippen LogP contribution >= 0.6 is 11.8 Å². The van der Waals surface area contributed by atoms with Crippen molar-refractivity contribution in [3.05, 3.63) is 53.6 Å². The van der Waals surface area contributed by atoms with Gasteiger partial charge >= 0.3 is 0 Å². The number of hydrogen-bond acceptors (Lipinski definition) is 6. The van der Waals surface area contributed by atoms with Gasteiger partial charge in [-0.05, 0) is 62.2 Å². The SMILES string of the molecule is CCN(CC)c1ccc(N2C(=NC(=O)Cc3ccc(OC)cc3)S[C@H]3CS(=O)(=O)C[C@@H]32)c(C)c1. The summed E-state index contributed by atoms with van der Waals surface area (Å²) in [6.07, 6.45) is 0.176. The molecule has 2 saturated heterocycles. The van der Waals surface area contributed by atoms with Gasteiger partial charge in [-0.3, -0.25) is 4.79 Å². The quantitative estimate of drug-likeness (QED) is 0.572. The molecule has 2 atom stereocenters. The molecule has 0 unspecified atom stereocenters. The molecular weight excluding hydrogens is 470 g/mol. The van der Waals surface area contributed by atoms with Crippen LogP contribution in [0.4, 0.5) is 11.4 Å². The molecule has 2 aromatic rings. The first-order valence-corrected chi connectivity index (χ1v) is 14.2. The number of hydrogen-bond donors (Lipinski definition) is 0. The summed E-state index contributed by atoms with van der Waals surface area (Å²) < 4.78 is 29.9. The van der Waals surface area contributed by atoms with Crippen molar-refractivity contribution in [3.8, 4) is 5.75 Å². The molecule has 1 amide bonds. The lowest BCUT2D eigenvalue weighted by Gasteiger charge is -2.28. The van der Waals surface area contributed by atoms with Gasteiger partial charge in [0.1, 0.15) is 5.75 Å². The van der Waals surface area contributed by atoms with Crippen LogP contribution in [0.15, 0.2) is 47.5 Å². The first-order valence-electron chi connectivity index (χ1n) is 11.5. The van der Waals surface area contributed by atoms with E-state index in [0.717, 1.165) is 41.3 Å². The van der Waals surface area contributed by atoms with Crippen molar-refractivity contribution in [2.45, 2.75) is 38.5 Å². The van der Waals surface area contributed by atoms with E-state index in [1.54, 1.807) is 7.11 Å². The summed E-state index contributed by atoms with van der Waals surface area (Å²) in [6.45, 7) is 8.09. The average molecular weight is 502 g/mol. The number of amidine groups is 1. The predicted octanol–water partition coefficient (Wildman–Crippen LogP) is 3.69. The smallest absolute Gasteiger partial charge is 0.252 e. The third-order valence-electron chi connectivity index (χ3n) is 6.37. The summed E-state index contributed by atoms with van der Waals surface area (Å²) in [5.74, 6) is 0.671. The van der Waals surface area contributed by atoms with Gasteiger partial charge in [-0.15, -0.1) is 0 Å². The molecule has 0 aromatic heterocycles. The second-order valence-electron chi connectivity index (χ2n) is 8.63. The fraction of sp³-hybridized carbons (Fsp3) is 0.440. The Bertz CT molecular complexity index is 1190. The molecule has 2 heterocycles. The predicted molar refractivity (Wildman–Crippen MR) is 140 cm³/mol. The lowest BCUT2D eigenvalue weighted by Crippen LogP contribution is -2.38. The van der Waals surface area contributed by atoms with Crippen LogP contribution in [0.5, 0.6) is 5.75 Å². The van der Waals surface area contributed by atoms with Crippen LogP contribution in [0.25, 0.3) is 0 Å². The van der Waals surface area contributed by atoms with Crippen LogP contribution in [0, 0.1) is 6.92 Å². The van der Waals surface area contributed by atoms with Gasteiger partial charge in [-0.1, -0.05) is 23.9 Å². The van der Waals surface area contributed by atoms with E-state index in [2.05, 4.69) is 35.9 Å². The highest BCUT2D eigenvalue weighted by atomic mass is 32.2. The molecule has 0 bridgehead atoms. The van der Waals surface area contributed by atoms with E-state index in [0.29, 0.717) is 5.17 Å². The van der Waals surface area contributed by atoms with Crippen LogP contribution in [-0.2, 0) is 21.1 Å². The van der Waals surface area contributed by atoms with Gasteiger partial charge in [0.05, 0.1) is 31.1 Å². The van der Waals surface area contributed by atoms with Crippen molar-refractivity contribution in [3.63, 3.8) is 0 Å². The van der Waals surface area contributed by atoms with Crippen molar-refractivity contribution in [2.24, 2.45) is 4.99 Å². The van der Waals surface area contributed by atoms with E-state index in [1.165, 1.54) is 11.8 Å². The van der Waals surface area contributed by atoms with Gasteiger partial charge < -0.3 is 14.5 Å². The number of nitrogens with zero attached hydrogens (tertiary/aromatic N) is 3. The Morgan fingerprint density at radius 2 is 1.85 bits per heavy atom. The molecule has 7 nitrogen and oxygen atoms in total. The second-order valence-corrected chi connectivity index (χ2v) is 12.0. The molecule has 0 N–H and O–H groups in total. The second kappa shape index (κ2) is 10.00. The number of sulfone groups is 1. The molecule has 0 aliphatic carbocycles. The number of thioether (sulfide) groups is 1. The summed E-state index contributed by atoms with van der Waals surface area (Å²) in [5.41, 5.74) is 3.92. The number of carbonyl (C=O) groups is 1. The number of aliphatic imine (C=N–C) groups is 1. The Balaban J connectivity index is 1.64. The average Bonchev–Trinajstić information content (AvgIpc) is 3.26. The summed E-state index contributed by atoms with van der Waals surface area (Å²) in [5, 5.41) is 0.460. The van der Waals surface area contributed by atoms with Crippen LogP contribution < -0.4 is 14.5 Å². The molecule has 4 rings (SSSR count). The molecular formula is C25H31N3O4S2. The standard InChI is InChI=1S/C25H31N3O4S2/c1-5-27(6-2)19-9-12-21(17(3)13-19)28-22-15-34(30,31)16-23(22)33-25(28)26-24(29)14-18-7-10-20(32-4)11-8-18/h7-13,22-23H,5-6,14-16H2,1-4H3/t22-,23-/m0/s1.